The van der Waals surface area contributed by atoms with E-state index >= 15 is 0 Å². The molecule has 0 saturated carbocycles. The fourth-order valence-electron chi connectivity index (χ4n) is 2.04. The van der Waals surface area contributed by atoms with Crippen LogP contribution in [0.3, 0.4) is 0 Å². The monoisotopic (exact) mass is 432 g/mol. The fraction of sp³-hybridized carbons (Fsp3) is 0.579. The van der Waals surface area contributed by atoms with E-state index in [9.17, 15) is 29.4 Å². The predicted molar refractivity (Wildman–Crippen MR) is 99.7 cm³/mol. The molecule has 0 radical (unpaired) electrons. The molecule has 0 aromatic carbocycles. The van der Waals surface area contributed by atoms with Gasteiger partial charge in [-0.05, 0) is 12.8 Å². The van der Waals surface area contributed by atoms with Crippen LogP contribution in [-0.2, 0) is 38.7 Å². The lowest BCUT2D eigenvalue weighted by Gasteiger charge is -2.15. The molecule has 0 aliphatic carbocycles. The van der Waals surface area contributed by atoms with Crippen molar-refractivity contribution in [1.82, 2.24) is 0 Å². The Bertz CT molecular complexity index is 599. The average Bonchev–Trinajstić information content (AvgIpc) is 2.75. The molecule has 0 aromatic rings. The van der Waals surface area contributed by atoms with Crippen molar-refractivity contribution in [1.29, 1.82) is 0 Å². The van der Waals surface area contributed by atoms with Gasteiger partial charge in [0.05, 0.1) is 25.0 Å². The molecular weight excluding hydrogens is 404 g/mol. The quantitative estimate of drug-likeness (QED) is 0.152. The Labute approximate surface area is 173 Å². The molecule has 0 amide bonds. The molecule has 0 bridgehead atoms. The van der Waals surface area contributed by atoms with Crippen molar-refractivity contribution < 1.29 is 54.0 Å². The van der Waals surface area contributed by atoms with E-state index < -0.39 is 48.3 Å². The van der Waals surface area contributed by atoms with Crippen LogP contribution in [0.2, 0.25) is 0 Å². The van der Waals surface area contributed by atoms with Gasteiger partial charge < -0.3 is 15.3 Å². The fourth-order valence-corrected chi connectivity index (χ4v) is 2.04. The first-order valence-corrected chi connectivity index (χ1v) is 9.34. The number of hydrogen-bond acceptors (Lipinski definition) is 11. The van der Waals surface area contributed by atoms with Gasteiger partial charge in [-0.2, -0.15) is 0 Å². The van der Waals surface area contributed by atoms with Gasteiger partial charge in [0.2, 0.25) is 0 Å². The Hall–Kier alpha value is -2.76. The van der Waals surface area contributed by atoms with E-state index in [1.165, 1.54) is 0 Å². The van der Waals surface area contributed by atoms with Gasteiger partial charge in [0.1, 0.15) is 12.2 Å². The minimum atomic E-state index is -1.75. The summed E-state index contributed by atoms with van der Waals surface area (Å²) < 4.78 is 0. The van der Waals surface area contributed by atoms with Crippen molar-refractivity contribution in [2.45, 2.75) is 63.6 Å². The predicted octanol–water partition coefficient (Wildman–Crippen LogP) is 0.566. The second-order valence-corrected chi connectivity index (χ2v) is 6.23. The third kappa shape index (κ3) is 12.6. The lowest BCUT2D eigenvalue weighted by atomic mass is 10.1. The third-order valence-corrected chi connectivity index (χ3v) is 3.78. The van der Waals surface area contributed by atoms with Crippen molar-refractivity contribution in [3.63, 3.8) is 0 Å². The normalized spacial score (nSPS) is 12.2. The van der Waals surface area contributed by atoms with Gasteiger partial charge >= 0.3 is 23.9 Å². The Morgan fingerprint density at radius 3 is 1.73 bits per heavy atom. The molecule has 0 spiro atoms. The summed E-state index contributed by atoms with van der Waals surface area (Å²) in [6.45, 7) is 5.57. The maximum Gasteiger partial charge on any atom is 0.384 e. The first-order chi connectivity index (χ1) is 14.2. The molecule has 170 valence electrons. The van der Waals surface area contributed by atoms with Gasteiger partial charge in [-0.15, -0.1) is 0 Å². The smallest absolute Gasteiger partial charge is 0.384 e. The summed E-state index contributed by atoms with van der Waals surface area (Å²) in [5, 5.41) is 27.4. The molecule has 2 atom stereocenters. The molecule has 0 rings (SSSR count). The van der Waals surface area contributed by atoms with Crippen LogP contribution < -0.4 is 0 Å². The topological polar surface area (TPSA) is 166 Å². The summed E-state index contributed by atoms with van der Waals surface area (Å²) in [6.07, 6.45) is 1.75. The highest BCUT2D eigenvalue weighted by atomic mass is 17.2. The minimum Gasteiger partial charge on any atom is -0.394 e. The summed E-state index contributed by atoms with van der Waals surface area (Å²) >= 11 is 0. The summed E-state index contributed by atoms with van der Waals surface area (Å²) in [5.41, 5.74) is -0.563. The first-order valence-electron chi connectivity index (χ1n) is 9.34. The Balaban J connectivity index is 3.71. The van der Waals surface area contributed by atoms with Crippen LogP contribution in [0.25, 0.3) is 0 Å². The summed E-state index contributed by atoms with van der Waals surface area (Å²) in [6, 6.07) is 0. The average molecular weight is 432 g/mol. The Morgan fingerprint density at radius 2 is 1.27 bits per heavy atom. The molecule has 0 heterocycles. The van der Waals surface area contributed by atoms with Gasteiger partial charge in [0, 0.05) is 6.08 Å². The molecular formula is C19H28O11. The molecule has 0 aliphatic rings. The van der Waals surface area contributed by atoms with Crippen LogP contribution in [-0.4, -0.2) is 58.0 Å². The molecule has 0 aliphatic heterocycles. The molecule has 3 N–H and O–H groups in total. The number of carbonyl (C=O) groups excluding carboxylic acids is 4. The van der Waals surface area contributed by atoms with E-state index in [0.29, 0.717) is 19.3 Å². The maximum atomic E-state index is 11.5. The lowest BCUT2D eigenvalue weighted by molar-refractivity contribution is -0.256. The molecule has 0 saturated heterocycles. The third-order valence-electron chi connectivity index (χ3n) is 3.78. The summed E-state index contributed by atoms with van der Waals surface area (Å²) in [5.74, 6) is -3.52. The van der Waals surface area contributed by atoms with Crippen LogP contribution in [0.5, 0.6) is 0 Å². The van der Waals surface area contributed by atoms with E-state index in [2.05, 4.69) is 32.7 Å². The second kappa shape index (κ2) is 16.1. The van der Waals surface area contributed by atoms with Gasteiger partial charge in [-0.25, -0.2) is 38.7 Å². The van der Waals surface area contributed by atoms with Crippen LogP contribution in [0.1, 0.15) is 51.4 Å². The Morgan fingerprint density at radius 1 is 0.800 bits per heavy atom. The van der Waals surface area contributed by atoms with Gasteiger partial charge in [0.15, 0.2) is 0 Å². The number of rotatable bonds is 14. The number of aliphatic hydroxyl groups is 3. The SMILES string of the molecule is C=CC(=O)OOC(=O)CCCCCCCCC(=O)OOC(=O)C(=C)C(O)C(O)CO. The Kier molecular flexibility index (Phi) is 14.6. The van der Waals surface area contributed by atoms with Gasteiger partial charge in [-0.1, -0.05) is 38.8 Å². The zero-order valence-electron chi connectivity index (χ0n) is 16.6. The highest BCUT2D eigenvalue weighted by Gasteiger charge is 2.26. The largest absolute Gasteiger partial charge is 0.394 e. The second-order valence-electron chi connectivity index (χ2n) is 6.23. The van der Waals surface area contributed by atoms with Crippen molar-refractivity contribution in [2.75, 3.05) is 6.61 Å². The van der Waals surface area contributed by atoms with E-state index in [1.54, 1.807) is 0 Å². The zero-order chi connectivity index (χ0) is 22.9. The minimum absolute atomic E-state index is 0.00255. The van der Waals surface area contributed by atoms with Crippen LogP contribution >= 0.6 is 0 Å². The summed E-state index contributed by atoms with van der Waals surface area (Å²) in [4.78, 5) is 61.9. The maximum absolute atomic E-state index is 11.5. The number of unbranched alkanes of at least 4 members (excludes halogenated alkanes) is 5. The highest BCUT2D eigenvalue weighted by molar-refractivity contribution is 5.89. The number of carbonyl (C=O) groups is 4. The van der Waals surface area contributed by atoms with Crippen molar-refractivity contribution in [2.24, 2.45) is 0 Å². The van der Waals surface area contributed by atoms with Crippen molar-refractivity contribution in [3.05, 3.63) is 24.8 Å². The van der Waals surface area contributed by atoms with E-state index in [-0.39, 0.29) is 12.8 Å². The molecule has 0 aromatic heterocycles. The molecule has 11 heteroatoms. The van der Waals surface area contributed by atoms with Crippen LogP contribution in [0.4, 0.5) is 0 Å². The standard InChI is InChI=1S/C19H28O11/c1-3-15(22)27-28-16(23)10-8-6-4-5-7-9-11-17(24)29-30-19(26)13(2)18(25)14(21)12-20/h3,14,18,20-21,25H,1-2,4-12H2. The van der Waals surface area contributed by atoms with Gasteiger partial charge in [0.25, 0.3) is 0 Å². The van der Waals surface area contributed by atoms with E-state index in [0.717, 1.165) is 25.3 Å². The van der Waals surface area contributed by atoms with Gasteiger partial charge in [-0.3, -0.25) is 0 Å². The van der Waals surface area contributed by atoms with E-state index in [4.69, 9.17) is 5.11 Å². The number of hydrogen-bond donors (Lipinski definition) is 3. The molecule has 11 nitrogen and oxygen atoms in total. The molecule has 2 unspecified atom stereocenters. The van der Waals surface area contributed by atoms with Crippen molar-refractivity contribution >= 4 is 23.9 Å². The van der Waals surface area contributed by atoms with Crippen molar-refractivity contribution in [3.8, 4) is 0 Å². The lowest BCUT2D eigenvalue weighted by Crippen LogP contribution is -2.34. The number of aliphatic hydroxyl groups excluding tert-OH is 3. The molecule has 0 fully saturated rings. The van der Waals surface area contributed by atoms with E-state index in [1.807, 2.05) is 0 Å². The van der Waals surface area contributed by atoms with Crippen LogP contribution in [0, 0.1) is 0 Å². The highest BCUT2D eigenvalue weighted by Crippen LogP contribution is 2.11. The molecule has 30 heavy (non-hydrogen) atoms. The zero-order valence-corrected chi connectivity index (χ0v) is 16.6. The summed E-state index contributed by atoms with van der Waals surface area (Å²) in [7, 11) is 0. The van der Waals surface area contributed by atoms with Crippen LogP contribution in [0.15, 0.2) is 24.8 Å². The first kappa shape index (κ1) is 27.2.